The Kier molecular flexibility index (Phi) is 6.44. The zero-order chi connectivity index (χ0) is 8.10. The number of hydrogen-bond donors (Lipinski definition) is 1. The Hall–Kier alpha value is -0.0500. The lowest BCUT2D eigenvalue weighted by molar-refractivity contribution is 0.968. The Bertz CT molecular complexity index is 210. The molecule has 0 unspecified atom stereocenters. The van der Waals surface area contributed by atoms with Crippen LogP contribution < -0.4 is 5.73 Å². The average molecular weight is 251 g/mol. The van der Waals surface area contributed by atoms with E-state index in [2.05, 4.69) is 40.2 Å². The zero-order valence-electron chi connectivity index (χ0n) is 6.79. The third kappa shape index (κ3) is 3.57. The maximum Gasteiger partial charge on any atom is 0.0283 e. The van der Waals surface area contributed by atoms with Crippen LogP contribution >= 0.6 is 28.3 Å². The summed E-state index contributed by atoms with van der Waals surface area (Å²) in [6.07, 6.45) is 0.975. The van der Waals surface area contributed by atoms with Gasteiger partial charge >= 0.3 is 0 Å². The van der Waals surface area contributed by atoms with E-state index in [-0.39, 0.29) is 12.4 Å². The van der Waals surface area contributed by atoms with E-state index < -0.39 is 0 Å². The van der Waals surface area contributed by atoms with Crippen LogP contribution in [0.3, 0.4) is 0 Å². The zero-order valence-corrected chi connectivity index (χ0v) is 9.20. The summed E-state index contributed by atoms with van der Waals surface area (Å²) < 4.78 is 0. The van der Waals surface area contributed by atoms with E-state index >= 15 is 0 Å². The summed E-state index contributed by atoms with van der Waals surface area (Å²) in [5.74, 6) is 0. The van der Waals surface area contributed by atoms with Gasteiger partial charge in [-0.2, -0.15) is 0 Å². The van der Waals surface area contributed by atoms with Crippen molar-refractivity contribution < 1.29 is 0 Å². The highest BCUT2D eigenvalue weighted by atomic mass is 79.9. The molecule has 0 atom stereocenters. The van der Waals surface area contributed by atoms with Gasteiger partial charge in [-0.3, -0.25) is 0 Å². The van der Waals surface area contributed by atoms with Crippen LogP contribution in [0.15, 0.2) is 24.3 Å². The van der Waals surface area contributed by atoms with Crippen LogP contribution in [0.1, 0.15) is 11.1 Å². The molecule has 2 N–H and O–H groups in total. The molecular weight excluding hydrogens is 237 g/mol. The molecule has 68 valence electrons. The summed E-state index contributed by atoms with van der Waals surface area (Å²) in [7, 11) is 0. The van der Waals surface area contributed by atoms with Crippen molar-refractivity contribution in [2.75, 3.05) is 6.54 Å². The SMILES string of the molecule is Cl.NCCc1ccc(CBr)cc1. The van der Waals surface area contributed by atoms with Crippen molar-refractivity contribution in [3.63, 3.8) is 0 Å². The minimum absolute atomic E-state index is 0. The van der Waals surface area contributed by atoms with Crippen LogP contribution in [0.2, 0.25) is 0 Å². The first-order valence-electron chi connectivity index (χ1n) is 3.70. The van der Waals surface area contributed by atoms with Gasteiger partial charge in [0.1, 0.15) is 0 Å². The van der Waals surface area contributed by atoms with Crippen molar-refractivity contribution in [3.05, 3.63) is 35.4 Å². The Morgan fingerprint density at radius 3 is 2.00 bits per heavy atom. The molecule has 1 aromatic rings. The maximum atomic E-state index is 5.42. The van der Waals surface area contributed by atoms with Gasteiger partial charge in [0.15, 0.2) is 0 Å². The fourth-order valence-corrected chi connectivity index (χ4v) is 1.34. The second kappa shape index (κ2) is 6.46. The largest absolute Gasteiger partial charge is 0.330 e. The molecule has 1 aromatic carbocycles. The minimum Gasteiger partial charge on any atom is -0.330 e. The quantitative estimate of drug-likeness (QED) is 0.820. The molecule has 0 bridgehead atoms. The standard InChI is InChI=1S/C9H12BrN.ClH/c10-7-9-3-1-8(2-4-9)5-6-11;/h1-4H,5-7,11H2;1H. The summed E-state index contributed by atoms with van der Waals surface area (Å²) in [5, 5.41) is 0.926. The molecule has 0 radical (unpaired) electrons. The van der Waals surface area contributed by atoms with Gasteiger partial charge in [0.25, 0.3) is 0 Å². The highest BCUT2D eigenvalue weighted by molar-refractivity contribution is 9.08. The van der Waals surface area contributed by atoms with Crippen molar-refractivity contribution >= 4 is 28.3 Å². The predicted molar refractivity (Wildman–Crippen MR) is 59.1 cm³/mol. The van der Waals surface area contributed by atoms with E-state index in [0.29, 0.717) is 0 Å². The van der Waals surface area contributed by atoms with Crippen LogP contribution in [0.5, 0.6) is 0 Å². The Morgan fingerprint density at radius 2 is 1.58 bits per heavy atom. The molecule has 1 rings (SSSR count). The maximum absolute atomic E-state index is 5.42. The molecule has 0 fully saturated rings. The normalized spacial score (nSPS) is 9.17. The highest BCUT2D eigenvalue weighted by Gasteiger charge is 1.91. The molecule has 0 aliphatic carbocycles. The lowest BCUT2D eigenvalue weighted by atomic mass is 10.1. The Balaban J connectivity index is 0.00000121. The van der Waals surface area contributed by atoms with E-state index in [4.69, 9.17) is 5.73 Å². The van der Waals surface area contributed by atoms with Gasteiger partial charge < -0.3 is 5.73 Å². The van der Waals surface area contributed by atoms with Gasteiger partial charge in [-0.15, -0.1) is 12.4 Å². The van der Waals surface area contributed by atoms with Crippen LogP contribution in [0.4, 0.5) is 0 Å². The van der Waals surface area contributed by atoms with Crippen LogP contribution in [-0.2, 0) is 11.8 Å². The van der Waals surface area contributed by atoms with Crippen molar-refractivity contribution in [1.82, 2.24) is 0 Å². The Morgan fingerprint density at radius 1 is 1.08 bits per heavy atom. The second-order valence-electron chi connectivity index (χ2n) is 2.49. The number of halogens is 2. The van der Waals surface area contributed by atoms with Gasteiger partial charge in [-0.25, -0.2) is 0 Å². The molecule has 3 heteroatoms. The van der Waals surface area contributed by atoms with Gasteiger partial charge in [-0.05, 0) is 24.1 Å². The molecule has 0 heterocycles. The van der Waals surface area contributed by atoms with E-state index in [9.17, 15) is 0 Å². The first kappa shape index (κ1) is 11.9. The number of rotatable bonds is 3. The topological polar surface area (TPSA) is 26.0 Å². The molecule has 0 aliphatic rings. The van der Waals surface area contributed by atoms with Crippen LogP contribution in [0, 0.1) is 0 Å². The first-order chi connectivity index (χ1) is 5.36. The molecule has 12 heavy (non-hydrogen) atoms. The van der Waals surface area contributed by atoms with Gasteiger partial charge in [0.2, 0.25) is 0 Å². The third-order valence-corrected chi connectivity index (χ3v) is 2.26. The van der Waals surface area contributed by atoms with Crippen LogP contribution in [0.25, 0.3) is 0 Å². The lowest BCUT2D eigenvalue weighted by Crippen LogP contribution is -2.02. The molecular formula is C9H13BrClN. The minimum atomic E-state index is 0. The fraction of sp³-hybridized carbons (Fsp3) is 0.333. The molecule has 0 amide bonds. The number of alkyl halides is 1. The van der Waals surface area contributed by atoms with E-state index in [0.717, 1.165) is 18.3 Å². The molecule has 0 saturated heterocycles. The second-order valence-corrected chi connectivity index (χ2v) is 3.05. The summed E-state index contributed by atoms with van der Waals surface area (Å²) in [6.45, 7) is 0.730. The first-order valence-corrected chi connectivity index (χ1v) is 4.83. The molecule has 0 aliphatic heterocycles. The predicted octanol–water partition coefficient (Wildman–Crippen LogP) is 2.50. The molecule has 0 aromatic heterocycles. The van der Waals surface area contributed by atoms with Crippen molar-refractivity contribution in [3.8, 4) is 0 Å². The van der Waals surface area contributed by atoms with E-state index in [1.807, 2.05) is 0 Å². The molecule has 0 spiro atoms. The van der Waals surface area contributed by atoms with Crippen molar-refractivity contribution in [2.24, 2.45) is 5.73 Å². The average Bonchev–Trinajstić information content (AvgIpc) is 2.07. The lowest BCUT2D eigenvalue weighted by Gasteiger charge is -1.98. The Labute approximate surface area is 87.9 Å². The summed E-state index contributed by atoms with van der Waals surface area (Å²) in [5.41, 5.74) is 8.05. The third-order valence-electron chi connectivity index (χ3n) is 1.61. The monoisotopic (exact) mass is 249 g/mol. The van der Waals surface area contributed by atoms with Crippen molar-refractivity contribution in [2.45, 2.75) is 11.8 Å². The molecule has 0 saturated carbocycles. The van der Waals surface area contributed by atoms with Crippen molar-refractivity contribution in [1.29, 1.82) is 0 Å². The smallest absolute Gasteiger partial charge is 0.0283 e. The number of nitrogens with two attached hydrogens (primary N) is 1. The highest BCUT2D eigenvalue weighted by Crippen LogP contribution is 2.07. The molecule has 1 nitrogen and oxygen atoms in total. The summed E-state index contributed by atoms with van der Waals surface area (Å²) >= 11 is 3.40. The van der Waals surface area contributed by atoms with Gasteiger partial charge in [-0.1, -0.05) is 40.2 Å². The number of hydrogen-bond acceptors (Lipinski definition) is 1. The van der Waals surface area contributed by atoms with Gasteiger partial charge in [0.05, 0.1) is 0 Å². The van der Waals surface area contributed by atoms with Gasteiger partial charge in [0, 0.05) is 5.33 Å². The van der Waals surface area contributed by atoms with Crippen LogP contribution in [-0.4, -0.2) is 6.54 Å². The fourth-order valence-electron chi connectivity index (χ4n) is 0.962. The van der Waals surface area contributed by atoms with E-state index in [1.165, 1.54) is 11.1 Å². The summed E-state index contributed by atoms with van der Waals surface area (Å²) in [6, 6.07) is 8.51. The summed E-state index contributed by atoms with van der Waals surface area (Å²) in [4.78, 5) is 0. The number of benzene rings is 1. The van der Waals surface area contributed by atoms with E-state index in [1.54, 1.807) is 0 Å².